The number of para-hydroxylation sites is 1. The van der Waals surface area contributed by atoms with Crippen molar-refractivity contribution in [1.29, 1.82) is 0 Å². The lowest BCUT2D eigenvalue weighted by atomic mass is 10.1. The molecule has 0 atom stereocenters. The predicted octanol–water partition coefficient (Wildman–Crippen LogP) is 4.84. The molecule has 0 bridgehead atoms. The minimum Gasteiger partial charge on any atom is -0.452 e. The van der Waals surface area contributed by atoms with Crippen molar-refractivity contribution in [3.05, 3.63) is 95.8 Å². The summed E-state index contributed by atoms with van der Waals surface area (Å²) in [7, 11) is 0. The molecule has 1 aromatic heterocycles. The highest BCUT2D eigenvalue weighted by molar-refractivity contribution is 6.03. The first-order valence-corrected chi connectivity index (χ1v) is 10.3. The third-order valence-corrected chi connectivity index (χ3v) is 5.14. The Morgan fingerprint density at radius 3 is 2.50 bits per heavy atom. The maximum atomic E-state index is 12.3. The van der Waals surface area contributed by atoms with Gasteiger partial charge in [0.2, 0.25) is 0 Å². The highest BCUT2D eigenvalue weighted by atomic mass is 16.5. The molecule has 0 spiro atoms. The molecule has 0 aliphatic carbocycles. The van der Waals surface area contributed by atoms with Crippen molar-refractivity contribution in [3.63, 3.8) is 0 Å². The molecule has 0 aliphatic rings. The zero-order valence-corrected chi connectivity index (χ0v) is 17.9. The molecular formula is C26H23N3O3. The number of nitrogens with one attached hydrogen (secondary N) is 1. The summed E-state index contributed by atoms with van der Waals surface area (Å²) in [6, 6.07) is 23.2. The standard InChI is InChI=1S/C26H23N3O3/c1-18-22(19(2)29(28-18)21-11-4-3-5-12-21)15-16-26(31)32-17-25(30)27-24-14-8-10-20-9-6-7-13-23(20)24/h3-16H,17H2,1-2H3,(H,27,30)/b16-15+. The summed E-state index contributed by atoms with van der Waals surface area (Å²) in [4.78, 5) is 24.4. The number of carbonyl (C=O) groups excluding carboxylic acids is 2. The molecule has 0 radical (unpaired) electrons. The lowest BCUT2D eigenvalue weighted by Gasteiger charge is -2.08. The van der Waals surface area contributed by atoms with Crippen molar-refractivity contribution in [2.24, 2.45) is 0 Å². The van der Waals surface area contributed by atoms with E-state index < -0.39 is 11.9 Å². The van der Waals surface area contributed by atoms with Crippen LogP contribution < -0.4 is 5.32 Å². The van der Waals surface area contributed by atoms with E-state index in [1.54, 1.807) is 6.08 Å². The molecule has 0 unspecified atom stereocenters. The van der Waals surface area contributed by atoms with Gasteiger partial charge in [-0.05, 0) is 43.5 Å². The number of hydrogen-bond acceptors (Lipinski definition) is 4. The Hall–Kier alpha value is -4.19. The molecule has 32 heavy (non-hydrogen) atoms. The summed E-state index contributed by atoms with van der Waals surface area (Å²) in [5, 5.41) is 9.30. The number of fused-ring (bicyclic) bond motifs is 1. The van der Waals surface area contributed by atoms with Crippen LogP contribution in [-0.4, -0.2) is 28.3 Å². The van der Waals surface area contributed by atoms with Gasteiger partial charge in [0.25, 0.3) is 5.91 Å². The van der Waals surface area contributed by atoms with Crippen LogP contribution in [0.25, 0.3) is 22.5 Å². The summed E-state index contributed by atoms with van der Waals surface area (Å²) < 4.78 is 6.95. The summed E-state index contributed by atoms with van der Waals surface area (Å²) >= 11 is 0. The fourth-order valence-corrected chi connectivity index (χ4v) is 3.57. The molecule has 0 aliphatic heterocycles. The van der Waals surface area contributed by atoms with E-state index in [1.165, 1.54) is 6.08 Å². The quantitative estimate of drug-likeness (QED) is 0.354. The molecule has 0 saturated carbocycles. The van der Waals surface area contributed by atoms with Crippen LogP contribution in [0.5, 0.6) is 0 Å². The van der Waals surface area contributed by atoms with Gasteiger partial charge in [0.15, 0.2) is 6.61 Å². The Labute approximate surface area is 186 Å². The van der Waals surface area contributed by atoms with Gasteiger partial charge in [-0.15, -0.1) is 0 Å². The molecule has 6 heteroatoms. The number of anilines is 1. The number of aryl methyl sites for hydroxylation is 1. The van der Waals surface area contributed by atoms with Crippen molar-refractivity contribution in [1.82, 2.24) is 9.78 Å². The number of nitrogens with zero attached hydrogens (tertiary/aromatic N) is 2. The molecule has 3 aromatic carbocycles. The van der Waals surface area contributed by atoms with Gasteiger partial charge in [0, 0.05) is 28.4 Å². The molecule has 0 fully saturated rings. The van der Waals surface area contributed by atoms with Gasteiger partial charge in [0.05, 0.1) is 11.4 Å². The van der Waals surface area contributed by atoms with Crippen LogP contribution in [0.1, 0.15) is 17.0 Å². The zero-order valence-electron chi connectivity index (χ0n) is 17.9. The van der Waals surface area contributed by atoms with E-state index in [-0.39, 0.29) is 6.61 Å². The van der Waals surface area contributed by atoms with E-state index in [0.717, 1.165) is 33.4 Å². The second kappa shape index (κ2) is 9.31. The van der Waals surface area contributed by atoms with E-state index in [9.17, 15) is 9.59 Å². The fourth-order valence-electron chi connectivity index (χ4n) is 3.57. The monoisotopic (exact) mass is 425 g/mol. The number of aromatic nitrogens is 2. The number of esters is 1. The van der Waals surface area contributed by atoms with E-state index in [0.29, 0.717) is 5.69 Å². The van der Waals surface area contributed by atoms with Gasteiger partial charge in [-0.2, -0.15) is 5.10 Å². The number of amides is 1. The molecule has 4 aromatic rings. The number of carbonyl (C=O) groups is 2. The molecule has 1 heterocycles. The van der Waals surface area contributed by atoms with Gasteiger partial charge in [-0.1, -0.05) is 54.6 Å². The number of ether oxygens (including phenoxy) is 1. The molecule has 1 N–H and O–H groups in total. The van der Waals surface area contributed by atoms with Crippen LogP contribution >= 0.6 is 0 Å². The maximum absolute atomic E-state index is 12.3. The lowest BCUT2D eigenvalue weighted by molar-refractivity contribution is -0.142. The Morgan fingerprint density at radius 2 is 1.69 bits per heavy atom. The highest BCUT2D eigenvalue weighted by Crippen LogP contribution is 2.23. The van der Waals surface area contributed by atoms with Gasteiger partial charge in [-0.25, -0.2) is 9.48 Å². The Morgan fingerprint density at radius 1 is 0.969 bits per heavy atom. The first-order valence-electron chi connectivity index (χ1n) is 10.3. The molecule has 1 amide bonds. The average Bonchev–Trinajstić information content (AvgIpc) is 3.10. The average molecular weight is 425 g/mol. The highest BCUT2D eigenvalue weighted by Gasteiger charge is 2.12. The predicted molar refractivity (Wildman–Crippen MR) is 126 cm³/mol. The minimum atomic E-state index is -0.593. The Balaban J connectivity index is 1.38. The molecule has 4 rings (SSSR count). The van der Waals surface area contributed by atoms with Crippen LogP contribution in [0.2, 0.25) is 0 Å². The van der Waals surface area contributed by atoms with Crippen molar-refractivity contribution in [3.8, 4) is 5.69 Å². The van der Waals surface area contributed by atoms with Crippen molar-refractivity contribution >= 4 is 34.4 Å². The summed E-state index contributed by atoms with van der Waals surface area (Å²) in [5.41, 5.74) is 4.17. The SMILES string of the molecule is Cc1nn(-c2ccccc2)c(C)c1/C=C/C(=O)OCC(=O)Nc1cccc2ccccc12. The van der Waals surface area contributed by atoms with E-state index in [4.69, 9.17) is 4.74 Å². The molecule has 160 valence electrons. The summed E-state index contributed by atoms with van der Waals surface area (Å²) in [5.74, 6) is -0.989. The largest absolute Gasteiger partial charge is 0.452 e. The van der Waals surface area contributed by atoms with Gasteiger partial charge in [-0.3, -0.25) is 4.79 Å². The normalized spacial score (nSPS) is 11.1. The van der Waals surface area contributed by atoms with Crippen LogP contribution in [0, 0.1) is 13.8 Å². The van der Waals surface area contributed by atoms with E-state index >= 15 is 0 Å². The number of hydrogen-bond donors (Lipinski definition) is 1. The number of benzene rings is 3. The van der Waals surface area contributed by atoms with Crippen LogP contribution in [-0.2, 0) is 14.3 Å². The zero-order chi connectivity index (χ0) is 22.5. The maximum Gasteiger partial charge on any atom is 0.331 e. The Kier molecular flexibility index (Phi) is 6.12. The third-order valence-electron chi connectivity index (χ3n) is 5.14. The minimum absolute atomic E-state index is 0.367. The second-order valence-electron chi connectivity index (χ2n) is 7.35. The second-order valence-corrected chi connectivity index (χ2v) is 7.35. The fraction of sp³-hybridized carbons (Fsp3) is 0.115. The first-order chi connectivity index (χ1) is 15.5. The third kappa shape index (κ3) is 4.59. The number of rotatable bonds is 6. The van der Waals surface area contributed by atoms with E-state index in [1.807, 2.05) is 91.3 Å². The van der Waals surface area contributed by atoms with Crippen LogP contribution in [0.4, 0.5) is 5.69 Å². The van der Waals surface area contributed by atoms with Gasteiger partial charge < -0.3 is 10.1 Å². The van der Waals surface area contributed by atoms with Crippen molar-refractivity contribution in [2.45, 2.75) is 13.8 Å². The molecular weight excluding hydrogens is 402 g/mol. The Bertz CT molecular complexity index is 1300. The van der Waals surface area contributed by atoms with Gasteiger partial charge >= 0.3 is 5.97 Å². The lowest BCUT2D eigenvalue weighted by Crippen LogP contribution is -2.20. The van der Waals surface area contributed by atoms with E-state index in [2.05, 4.69) is 10.4 Å². The van der Waals surface area contributed by atoms with Crippen LogP contribution in [0.3, 0.4) is 0 Å². The first kappa shape index (κ1) is 21.1. The van der Waals surface area contributed by atoms with Crippen LogP contribution in [0.15, 0.2) is 78.9 Å². The summed E-state index contributed by atoms with van der Waals surface area (Å²) in [6.07, 6.45) is 2.99. The molecule has 0 saturated heterocycles. The topological polar surface area (TPSA) is 73.2 Å². The summed E-state index contributed by atoms with van der Waals surface area (Å²) in [6.45, 7) is 3.46. The smallest absolute Gasteiger partial charge is 0.331 e. The van der Waals surface area contributed by atoms with Gasteiger partial charge in [0.1, 0.15) is 0 Å². The van der Waals surface area contributed by atoms with Crippen molar-refractivity contribution in [2.75, 3.05) is 11.9 Å². The van der Waals surface area contributed by atoms with Crippen molar-refractivity contribution < 1.29 is 14.3 Å². The molecule has 6 nitrogen and oxygen atoms in total.